The van der Waals surface area contributed by atoms with Gasteiger partial charge >= 0.3 is 0 Å². The van der Waals surface area contributed by atoms with Gasteiger partial charge in [-0.1, -0.05) is 44.4 Å². The molecule has 8 nitrogen and oxygen atoms in total. The Morgan fingerprint density at radius 2 is 1.75 bits per heavy atom. The molecule has 1 aliphatic heterocycles. The van der Waals surface area contributed by atoms with Crippen LogP contribution < -0.4 is 10.1 Å². The Morgan fingerprint density at radius 1 is 1.02 bits per heavy atom. The van der Waals surface area contributed by atoms with Crippen LogP contribution in [0.25, 0.3) is 0 Å². The highest BCUT2D eigenvalue weighted by Gasteiger charge is 2.31. The van der Waals surface area contributed by atoms with E-state index in [2.05, 4.69) is 24.2 Å². The zero-order valence-corrected chi connectivity index (χ0v) is 27.2. The van der Waals surface area contributed by atoms with Crippen molar-refractivity contribution in [1.29, 1.82) is 0 Å². The molecular weight excluding hydrogens is 554 g/mol. The molecule has 0 unspecified atom stereocenters. The molecule has 2 N–H and O–H groups in total. The molecule has 2 aliphatic rings. The second-order valence-electron chi connectivity index (χ2n) is 13.1. The molecule has 4 rings (SSSR count). The molecule has 0 bridgehead atoms. The second-order valence-corrected chi connectivity index (χ2v) is 13.1. The molecule has 0 aromatic heterocycles. The monoisotopic (exact) mass is 607 g/mol. The number of fused-ring (bicyclic) bond motifs is 1. The first-order valence-electron chi connectivity index (χ1n) is 16.6. The van der Waals surface area contributed by atoms with Gasteiger partial charge in [0.15, 0.2) is 0 Å². The molecule has 1 heterocycles. The standard InChI is InChI=1S/C36H53N3O5/c1-26-22-39(27(2)25-40)36(42)32-21-31(37-35(41)30-16-9-6-10-17-30)18-19-33(32)44-28(3)13-11-12-20-43-34(26)24-38(4)23-29-14-7-5-8-15-29/h6,9-10,16-19,21,26-29,34,40H,5,7-8,11-15,20,22-25H2,1-4H3,(H,37,41)/t26-,27+,28+,34-/m1/s1. The number of carbonyl (C=O) groups excluding carboxylic acids is 2. The average molecular weight is 608 g/mol. The van der Waals surface area contributed by atoms with Gasteiger partial charge in [-0.15, -0.1) is 0 Å². The fourth-order valence-electron chi connectivity index (χ4n) is 6.45. The van der Waals surface area contributed by atoms with E-state index in [-0.39, 0.29) is 36.5 Å². The van der Waals surface area contributed by atoms with Crippen molar-refractivity contribution < 1.29 is 24.2 Å². The third kappa shape index (κ3) is 9.78. The number of likely N-dealkylation sites (N-methyl/N-ethyl adjacent to an activating group) is 1. The van der Waals surface area contributed by atoms with Crippen LogP contribution in [0.5, 0.6) is 5.75 Å². The summed E-state index contributed by atoms with van der Waals surface area (Å²) in [5.74, 6) is 0.779. The first-order valence-corrected chi connectivity index (χ1v) is 16.6. The van der Waals surface area contributed by atoms with Crippen molar-refractivity contribution in [2.75, 3.05) is 45.2 Å². The van der Waals surface area contributed by atoms with Crippen LogP contribution in [0.3, 0.4) is 0 Å². The maximum absolute atomic E-state index is 14.3. The van der Waals surface area contributed by atoms with Gasteiger partial charge in [-0.3, -0.25) is 9.59 Å². The number of rotatable bonds is 8. The van der Waals surface area contributed by atoms with E-state index in [0.717, 1.165) is 38.3 Å². The predicted molar refractivity (Wildman–Crippen MR) is 175 cm³/mol. The van der Waals surface area contributed by atoms with Crippen molar-refractivity contribution in [3.8, 4) is 5.75 Å². The number of carbonyl (C=O) groups is 2. The summed E-state index contributed by atoms with van der Waals surface area (Å²) in [5, 5.41) is 13.2. The highest BCUT2D eigenvalue weighted by atomic mass is 16.5. The molecule has 0 saturated heterocycles. The van der Waals surface area contributed by atoms with Crippen molar-refractivity contribution in [3.63, 3.8) is 0 Å². The van der Waals surface area contributed by atoms with Crippen molar-refractivity contribution >= 4 is 17.5 Å². The summed E-state index contributed by atoms with van der Waals surface area (Å²) in [7, 11) is 2.19. The van der Waals surface area contributed by atoms with Crippen LogP contribution in [0.1, 0.15) is 92.9 Å². The van der Waals surface area contributed by atoms with Gasteiger partial charge < -0.3 is 29.7 Å². The molecule has 0 radical (unpaired) electrons. The summed E-state index contributed by atoms with van der Waals surface area (Å²) in [5.41, 5.74) is 1.42. The Balaban J connectivity index is 1.59. The smallest absolute Gasteiger partial charge is 0.258 e. The number of ether oxygens (including phenoxy) is 2. The number of amides is 2. The number of nitrogens with one attached hydrogen (secondary N) is 1. The van der Waals surface area contributed by atoms with Gasteiger partial charge in [0.1, 0.15) is 5.75 Å². The Labute approximate surface area is 264 Å². The number of benzene rings is 2. The number of anilines is 1. The van der Waals surface area contributed by atoms with E-state index in [4.69, 9.17) is 9.47 Å². The van der Waals surface area contributed by atoms with Gasteiger partial charge in [0.05, 0.1) is 30.4 Å². The third-order valence-electron chi connectivity index (χ3n) is 9.13. The van der Waals surface area contributed by atoms with Crippen LogP contribution in [0.4, 0.5) is 5.69 Å². The highest BCUT2D eigenvalue weighted by Crippen LogP contribution is 2.29. The van der Waals surface area contributed by atoms with E-state index in [0.29, 0.717) is 35.7 Å². The largest absolute Gasteiger partial charge is 0.490 e. The number of hydrogen-bond acceptors (Lipinski definition) is 6. The zero-order chi connectivity index (χ0) is 31.5. The molecule has 242 valence electrons. The zero-order valence-electron chi connectivity index (χ0n) is 27.2. The van der Waals surface area contributed by atoms with E-state index in [1.165, 1.54) is 32.1 Å². The number of aliphatic hydroxyl groups excluding tert-OH is 1. The van der Waals surface area contributed by atoms with Crippen LogP contribution in [-0.2, 0) is 4.74 Å². The van der Waals surface area contributed by atoms with Crippen LogP contribution in [-0.4, -0.2) is 84.9 Å². The molecule has 1 aliphatic carbocycles. The van der Waals surface area contributed by atoms with E-state index >= 15 is 0 Å². The lowest BCUT2D eigenvalue weighted by Crippen LogP contribution is -2.47. The summed E-state index contributed by atoms with van der Waals surface area (Å²) in [6.07, 6.45) is 9.19. The molecule has 2 aromatic carbocycles. The second kappa shape index (κ2) is 16.9. The number of nitrogens with zero attached hydrogens (tertiary/aromatic N) is 2. The van der Waals surface area contributed by atoms with Crippen molar-refractivity contribution in [1.82, 2.24) is 9.80 Å². The predicted octanol–water partition coefficient (Wildman–Crippen LogP) is 6.25. The van der Waals surface area contributed by atoms with Crippen LogP contribution in [0, 0.1) is 11.8 Å². The SMILES string of the molecule is C[C@@H]1CN([C@@H](C)CO)C(=O)c2cc(NC(=O)c3ccccc3)ccc2O[C@@H](C)CCCCO[C@@H]1CN(C)CC1CCCCC1. The van der Waals surface area contributed by atoms with Gasteiger partial charge in [0.25, 0.3) is 11.8 Å². The maximum Gasteiger partial charge on any atom is 0.258 e. The fraction of sp³-hybridized carbons (Fsp3) is 0.611. The highest BCUT2D eigenvalue weighted by molar-refractivity contribution is 6.05. The fourth-order valence-corrected chi connectivity index (χ4v) is 6.45. The molecular formula is C36H53N3O5. The lowest BCUT2D eigenvalue weighted by Gasteiger charge is -2.36. The molecule has 1 fully saturated rings. The van der Waals surface area contributed by atoms with E-state index in [1.54, 1.807) is 35.2 Å². The lowest BCUT2D eigenvalue weighted by molar-refractivity contribution is -0.0190. The average Bonchev–Trinajstić information content (AvgIpc) is 3.03. The first kappa shape index (κ1) is 33.9. The minimum absolute atomic E-state index is 0.0361. The van der Waals surface area contributed by atoms with Crippen molar-refractivity contribution in [2.45, 2.75) is 90.4 Å². The molecule has 2 amide bonds. The Morgan fingerprint density at radius 3 is 2.48 bits per heavy atom. The normalized spacial score (nSPS) is 23.4. The molecule has 1 saturated carbocycles. The Hall–Kier alpha value is -2.94. The van der Waals surface area contributed by atoms with Crippen LogP contribution in [0.2, 0.25) is 0 Å². The van der Waals surface area contributed by atoms with Crippen LogP contribution in [0.15, 0.2) is 48.5 Å². The summed E-state index contributed by atoms with van der Waals surface area (Å²) < 4.78 is 12.9. The summed E-state index contributed by atoms with van der Waals surface area (Å²) in [4.78, 5) is 31.4. The van der Waals surface area contributed by atoms with E-state index in [1.807, 2.05) is 32.0 Å². The summed E-state index contributed by atoms with van der Waals surface area (Å²) in [6.45, 7) is 8.84. The molecule has 0 spiro atoms. The van der Waals surface area contributed by atoms with Gasteiger partial charge in [0, 0.05) is 43.4 Å². The van der Waals surface area contributed by atoms with Gasteiger partial charge in [-0.05, 0) is 89.2 Å². The van der Waals surface area contributed by atoms with Gasteiger partial charge in [-0.25, -0.2) is 0 Å². The molecule has 8 heteroatoms. The Bertz CT molecular complexity index is 1190. The Kier molecular flexibility index (Phi) is 13.1. The minimum atomic E-state index is -0.411. The summed E-state index contributed by atoms with van der Waals surface area (Å²) in [6, 6.07) is 13.8. The van der Waals surface area contributed by atoms with Gasteiger partial charge in [0.2, 0.25) is 0 Å². The molecule has 44 heavy (non-hydrogen) atoms. The quantitative estimate of drug-likeness (QED) is 0.369. The number of hydrogen-bond donors (Lipinski definition) is 2. The van der Waals surface area contributed by atoms with Crippen molar-refractivity contribution in [2.24, 2.45) is 11.8 Å². The summed E-state index contributed by atoms with van der Waals surface area (Å²) >= 11 is 0. The molecule has 2 aromatic rings. The van der Waals surface area contributed by atoms with E-state index in [9.17, 15) is 14.7 Å². The maximum atomic E-state index is 14.3. The van der Waals surface area contributed by atoms with E-state index < -0.39 is 6.04 Å². The minimum Gasteiger partial charge on any atom is -0.490 e. The number of aliphatic hydroxyl groups is 1. The lowest BCUT2D eigenvalue weighted by atomic mass is 9.89. The van der Waals surface area contributed by atoms with Crippen LogP contribution >= 0.6 is 0 Å². The third-order valence-corrected chi connectivity index (χ3v) is 9.13. The first-order chi connectivity index (χ1) is 21.2. The van der Waals surface area contributed by atoms with Crippen molar-refractivity contribution in [3.05, 3.63) is 59.7 Å². The molecule has 4 atom stereocenters. The topological polar surface area (TPSA) is 91.3 Å². The van der Waals surface area contributed by atoms with Gasteiger partial charge in [-0.2, -0.15) is 0 Å².